The molecule has 0 amide bonds. The Morgan fingerprint density at radius 3 is 2.65 bits per heavy atom. The smallest absolute Gasteiger partial charge is 0.344 e. The van der Waals surface area contributed by atoms with E-state index in [9.17, 15) is 14.7 Å². The molecule has 0 spiro atoms. The highest BCUT2D eigenvalue weighted by atomic mass is 35.5. The Morgan fingerprint density at radius 1 is 1.30 bits per heavy atom. The highest BCUT2D eigenvalue weighted by Gasteiger charge is 2.23. The van der Waals surface area contributed by atoms with Crippen molar-refractivity contribution in [3.8, 4) is 11.5 Å². The van der Waals surface area contributed by atoms with Crippen LogP contribution in [0.5, 0.6) is 11.5 Å². The Labute approximate surface area is 141 Å². The van der Waals surface area contributed by atoms with Gasteiger partial charge < -0.3 is 19.6 Å². The normalized spacial score (nSPS) is 10.4. The number of hydrogen-bond donors (Lipinski definition) is 2. The quantitative estimate of drug-likeness (QED) is 0.612. The van der Waals surface area contributed by atoms with Crippen molar-refractivity contribution in [3.05, 3.63) is 45.7 Å². The van der Waals surface area contributed by atoms with Gasteiger partial charge in [0.25, 0.3) is 0 Å². The zero-order chi connectivity index (χ0) is 17.0. The van der Waals surface area contributed by atoms with Crippen LogP contribution in [0.4, 0.5) is 0 Å². The molecule has 0 saturated carbocycles. The Hall–Kier alpha value is -2.18. The van der Waals surface area contributed by atoms with Crippen LogP contribution in [0.2, 0.25) is 10.0 Å². The Balaban J connectivity index is 2.34. The van der Waals surface area contributed by atoms with Gasteiger partial charge in [-0.2, -0.15) is 0 Å². The van der Waals surface area contributed by atoms with Gasteiger partial charge in [-0.25, -0.2) is 4.79 Å². The van der Waals surface area contributed by atoms with Crippen LogP contribution >= 0.6 is 23.2 Å². The van der Waals surface area contributed by atoms with E-state index in [1.807, 2.05) is 0 Å². The summed E-state index contributed by atoms with van der Waals surface area (Å²) in [5, 5.41) is 10.4. The summed E-state index contributed by atoms with van der Waals surface area (Å²) in [7, 11) is 0. The summed E-state index contributed by atoms with van der Waals surface area (Å²) in [6.45, 7) is 1.47. The molecule has 122 valence electrons. The minimum Gasteiger partial charge on any atom is -0.505 e. The van der Waals surface area contributed by atoms with Gasteiger partial charge in [0.15, 0.2) is 6.61 Å². The first-order valence-electron chi connectivity index (χ1n) is 6.62. The number of phenolic OH excluding ortho intramolecular Hbond substituents is 1. The lowest BCUT2D eigenvalue weighted by Crippen LogP contribution is -2.16. The fraction of sp³-hybridized carbons (Fsp3) is 0.200. The van der Waals surface area contributed by atoms with E-state index in [1.54, 1.807) is 6.92 Å². The van der Waals surface area contributed by atoms with E-state index in [0.29, 0.717) is 5.02 Å². The summed E-state index contributed by atoms with van der Waals surface area (Å²) in [5.74, 6) is -1.60. The first-order valence-corrected chi connectivity index (χ1v) is 7.38. The predicted octanol–water partition coefficient (Wildman–Crippen LogP) is 3.20. The molecule has 0 radical (unpaired) electrons. The fourth-order valence-electron chi connectivity index (χ4n) is 1.86. The number of carbonyl (C=O) groups is 2. The second kappa shape index (κ2) is 7.39. The number of halogens is 2. The zero-order valence-corrected chi connectivity index (χ0v) is 13.6. The van der Waals surface area contributed by atoms with Gasteiger partial charge in [-0.05, 0) is 25.1 Å². The molecule has 0 aliphatic rings. The van der Waals surface area contributed by atoms with Gasteiger partial charge in [0.1, 0.15) is 17.1 Å². The molecule has 0 bridgehead atoms. The highest BCUT2D eigenvalue weighted by Crippen LogP contribution is 2.36. The van der Waals surface area contributed by atoms with Crippen LogP contribution in [0.3, 0.4) is 0 Å². The van der Waals surface area contributed by atoms with E-state index in [1.165, 1.54) is 24.4 Å². The largest absolute Gasteiger partial charge is 0.505 e. The highest BCUT2D eigenvalue weighted by molar-refractivity contribution is 6.33. The average molecular weight is 358 g/mol. The van der Waals surface area contributed by atoms with Gasteiger partial charge in [0.2, 0.25) is 5.78 Å². The van der Waals surface area contributed by atoms with Gasteiger partial charge in [-0.15, -0.1) is 0 Å². The molecule has 1 aromatic heterocycles. The van der Waals surface area contributed by atoms with Gasteiger partial charge in [-0.1, -0.05) is 23.2 Å². The molecule has 6 nitrogen and oxygen atoms in total. The topological polar surface area (TPSA) is 88.6 Å². The Bertz CT molecular complexity index is 741. The van der Waals surface area contributed by atoms with E-state index in [4.69, 9.17) is 32.7 Å². The number of phenols is 1. The summed E-state index contributed by atoms with van der Waals surface area (Å²) >= 11 is 11.6. The molecule has 1 heterocycles. The van der Waals surface area contributed by atoms with Crippen LogP contribution < -0.4 is 4.74 Å². The summed E-state index contributed by atoms with van der Waals surface area (Å²) in [6, 6.07) is 4.15. The summed E-state index contributed by atoms with van der Waals surface area (Å²) in [5.41, 5.74) is -0.0196. The van der Waals surface area contributed by atoms with Crippen molar-refractivity contribution in [3.63, 3.8) is 0 Å². The second-order valence-electron chi connectivity index (χ2n) is 4.42. The van der Waals surface area contributed by atoms with E-state index >= 15 is 0 Å². The van der Waals surface area contributed by atoms with E-state index < -0.39 is 24.1 Å². The molecule has 23 heavy (non-hydrogen) atoms. The summed E-state index contributed by atoms with van der Waals surface area (Å²) < 4.78 is 10.0. The van der Waals surface area contributed by atoms with Crippen LogP contribution in [-0.4, -0.2) is 35.1 Å². The van der Waals surface area contributed by atoms with Crippen molar-refractivity contribution >= 4 is 35.0 Å². The van der Waals surface area contributed by atoms with Crippen molar-refractivity contribution in [2.75, 3.05) is 13.2 Å². The van der Waals surface area contributed by atoms with Gasteiger partial charge in [0, 0.05) is 6.20 Å². The lowest BCUT2D eigenvalue weighted by atomic mass is 10.1. The van der Waals surface area contributed by atoms with Gasteiger partial charge in [-0.3, -0.25) is 4.79 Å². The van der Waals surface area contributed by atoms with Crippen LogP contribution in [0.25, 0.3) is 0 Å². The molecule has 0 unspecified atom stereocenters. The van der Waals surface area contributed by atoms with Crippen molar-refractivity contribution < 1.29 is 24.2 Å². The van der Waals surface area contributed by atoms with E-state index in [-0.39, 0.29) is 28.6 Å². The lowest BCUT2D eigenvalue weighted by Gasteiger charge is -2.12. The summed E-state index contributed by atoms with van der Waals surface area (Å²) in [4.78, 5) is 26.6. The number of hydrogen-bond acceptors (Lipinski definition) is 5. The molecule has 8 heteroatoms. The number of ether oxygens (including phenoxy) is 2. The Morgan fingerprint density at radius 2 is 2.04 bits per heavy atom. The predicted molar refractivity (Wildman–Crippen MR) is 84.5 cm³/mol. The van der Waals surface area contributed by atoms with Gasteiger partial charge >= 0.3 is 5.97 Å². The van der Waals surface area contributed by atoms with Crippen molar-refractivity contribution in [2.24, 2.45) is 0 Å². The third kappa shape index (κ3) is 3.97. The maximum atomic E-state index is 12.5. The molecule has 1 aromatic carbocycles. The standard InChI is InChI=1S/C15H13Cl2NO5/c1-2-22-12(19)7-23-11-4-3-9(17)14(20)13(11)15(21)10-5-8(16)6-18-10/h3-6,18,20H,2,7H2,1H3. The molecular formula is C15H13Cl2NO5. The number of esters is 1. The third-order valence-electron chi connectivity index (χ3n) is 2.86. The molecule has 0 saturated heterocycles. The number of ketones is 1. The Kier molecular flexibility index (Phi) is 5.52. The molecular weight excluding hydrogens is 345 g/mol. The zero-order valence-electron chi connectivity index (χ0n) is 12.1. The number of aromatic hydroxyl groups is 1. The van der Waals surface area contributed by atoms with E-state index in [0.717, 1.165) is 0 Å². The third-order valence-corrected chi connectivity index (χ3v) is 3.38. The van der Waals surface area contributed by atoms with Crippen LogP contribution in [0.15, 0.2) is 24.4 Å². The number of aromatic nitrogens is 1. The minimum absolute atomic E-state index is 0.00988. The van der Waals surface area contributed by atoms with E-state index in [2.05, 4.69) is 4.98 Å². The number of rotatable bonds is 6. The lowest BCUT2D eigenvalue weighted by molar-refractivity contribution is -0.145. The van der Waals surface area contributed by atoms with Crippen molar-refractivity contribution in [1.82, 2.24) is 4.98 Å². The average Bonchev–Trinajstić information content (AvgIpc) is 2.95. The van der Waals surface area contributed by atoms with Crippen LogP contribution in [0.1, 0.15) is 23.0 Å². The number of benzene rings is 1. The number of H-pyrrole nitrogens is 1. The molecule has 2 rings (SSSR count). The summed E-state index contributed by atoms with van der Waals surface area (Å²) in [6.07, 6.45) is 1.43. The number of carbonyl (C=O) groups excluding carboxylic acids is 2. The molecule has 2 N–H and O–H groups in total. The SMILES string of the molecule is CCOC(=O)COc1ccc(Cl)c(O)c1C(=O)c1cc(Cl)c[nH]1. The second-order valence-corrected chi connectivity index (χ2v) is 5.27. The van der Waals surface area contributed by atoms with Crippen LogP contribution in [-0.2, 0) is 9.53 Å². The molecule has 0 aliphatic heterocycles. The first-order chi connectivity index (χ1) is 10.9. The monoisotopic (exact) mass is 357 g/mol. The van der Waals surface area contributed by atoms with Crippen molar-refractivity contribution in [1.29, 1.82) is 0 Å². The first kappa shape index (κ1) is 17.2. The number of nitrogens with one attached hydrogen (secondary N) is 1. The fourth-order valence-corrected chi connectivity index (χ4v) is 2.18. The maximum absolute atomic E-state index is 12.5. The van der Waals surface area contributed by atoms with Crippen molar-refractivity contribution in [2.45, 2.75) is 6.92 Å². The molecule has 0 fully saturated rings. The number of aromatic amines is 1. The van der Waals surface area contributed by atoms with Gasteiger partial charge in [0.05, 0.1) is 22.3 Å². The molecule has 2 aromatic rings. The minimum atomic E-state index is -0.594. The molecule has 0 atom stereocenters. The van der Waals surface area contributed by atoms with Crippen LogP contribution in [0, 0.1) is 0 Å². The molecule has 0 aliphatic carbocycles. The maximum Gasteiger partial charge on any atom is 0.344 e.